The van der Waals surface area contributed by atoms with Crippen LogP contribution < -0.4 is 5.32 Å². The molecule has 0 radical (unpaired) electrons. The molecular formula is C17H24ClN3O2S. The highest BCUT2D eigenvalue weighted by atomic mass is 35.5. The maximum absolute atomic E-state index is 12.1. The van der Waals surface area contributed by atoms with Crippen molar-refractivity contribution >= 4 is 34.8 Å². The minimum Gasteiger partial charge on any atom is -0.355 e. The minimum atomic E-state index is -0.00717. The van der Waals surface area contributed by atoms with Gasteiger partial charge in [-0.3, -0.25) is 14.5 Å². The van der Waals surface area contributed by atoms with Crippen LogP contribution in [0.2, 0.25) is 4.34 Å². The first-order valence-corrected chi connectivity index (χ1v) is 9.40. The summed E-state index contributed by atoms with van der Waals surface area (Å²) in [5.41, 5.74) is 0. The highest BCUT2D eigenvalue weighted by Gasteiger charge is 2.19. The Hall–Kier alpha value is -1.37. The Kier molecular flexibility index (Phi) is 7.75. The predicted molar refractivity (Wildman–Crippen MR) is 98.2 cm³/mol. The normalized spacial score (nSPS) is 14.4. The van der Waals surface area contributed by atoms with Crippen LogP contribution in [0, 0.1) is 0 Å². The van der Waals surface area contributed by atoms with Gasteiger partial charge in [-0.2, -0.15) is 0 Å². The van der Waals surface area contributed by atoms with Gasteiger partial charge in [0.25, 0.3) is 0 Å². The van der Waals surface area contributed by atoms with Crippen LogP contribution in [0.25, 0.3) is 0 Å². The van der Waals surface area contributed by atoms with Gasteiger partial charge in [0.05, 0.1) is 10.9 Å². The van der Waals surface area contributed by atoms with E-state index >= 15 is 0 Å². The van der Waals surface area contributed by atoms with E-state index in [-0.39, 0.29) is 11.8 Å². The number of amides is 2. The number of halogens is 1. The van der Waals surface area contributed by atoms with Gasteiger partial charge in [-0.05, 0) is 25.0 Å². The molecule has 2 heterocycles. The molecule has 2 rings (SSSR count). The molecule has 5 nitrogen and oxygen atoms in total. The van der Waals surface area contributed by atoms with Gasteiger partial charge in [0.15, 0.2) is 0 Å². The van der Waals surface area contributed by atoms with Crippen LogP contribution in [0.5, 0.6) is 0 Å². The van der Waals surface area contributed by atoms with Crippen molar-refractivity contribution in [1.82, 2.24) is 15.1 Å². The van der Waals surface area contributed by atoms with Crippen LogP contribution in [-0.2, 0) is 16.1 Å². The van der Waals surface area contributed by atoms with Crippen molar-refractivity contribution in [1.29, 1.82) is 0 Å². The standard InChI is InChI=1S/C17H24ClN3O2S/c1-2-9-20(12-14-6-7-15(18)24-14)13-16(22)19-8-4-11-21-10-3-5-17(21)23/h2,6-7H,1,3-5,8-13H2,(H,19,22). The van der Waals surface area contributed by atoms with Gasteiger partial charge in [-0.15, -0.1) is 17.9 Å². The van der Waals surface area contributed by atoms with E-state index in [1.807, 2.05) is 21.9 Å². The summed E-state index contributed by atoms with van der Waals surface area (Å²) in [5.74, 6) is 0.223. The number of nitrogens with zero attached hydrogens (tertiary/aromatic N) is 2. The van der Waals surface area contributed by atoms with Gasteiger partial charge in [0.1, 0.15) is 0 Å². The van der Waals surface area contributed by atoms with Gasteiger partial charge in [0, 0.05) is 44.0 Å². The number of carbonyl (C=O) groups is 2. The first kappa shape index (κ1) is 19.0. The van der Waals surface area contributed by atoms with Crippen LogP contribution in [0.3, 0.4) is 0 Å². The third-order valence-electron chi connectivity index (χ3n) is 3.86. The minimum absolute atomic E-state index is 0.00717. The van der Waals surface area contributed by atoms with E-state index in [0.717, 1.165) is 35.1 Å². The second-order valence-corrected chi connectivity index (χ2v) is 7.65. The second kappa shape index (κ2) is 9.81. The smallest absolute Gasteiger partial charge is 0.234 e. The molecule has 0 aromatic carbocycles. The lowest BCUT2D eigenvalue weighted by atomic mass is 10.3. The largest absolute Gasteiger partial charge is 0.355 e. The molecule has 0 atom stereocenters. The average molecular weight is 370 g/mol. The summed E-state index contributed by atoms with van der Waals surface area (Å²) in [6, 6.07) is 3.85. The molecular weight excluding hydrogens is 346 g/mol. The fraction of sp³-hybridized carbons (Fsp3) is 0.529. The summed E-state index contributed by atoms with van der Waals surface area (Å²) in [4.78, 5) is 28.6. The van der Waals surface area contributed by atoms with Crippen LogP contribution in [0.1, 0.15) is 24.1 Å². The molecule has 24 heavy (non-hydrogen) atoms. The molecule has 0 bridgehead atoms. The van der Waals surface area contributed by atoms with Gasteiger partial charge >= 0.3 is 0 Å². The molecule has 0 aliphatic carbocycles. The van der Waals surface area contributed by atoms with Gasteiger partial charge in [-0.25, -0.2) is 0 Å². The molecule has 0 unspecified atom stereocenters. The summed E-state index contributed by atoms with van der Waals surface area (Å²) in [6.07, 6.45) is 4.20. The number of hydrogen-bond acceptors (Lipinski definition) is 4. The van der Waals surface area contributed by atoms with Crippen molar-refractivity contribution in [3.05, 3.63) is 34.0 Å². The number of hydrogen-bond donors (Lipinski definition) is 1. The predicted octanol–water partition coefficient (Wildman–Crippen LogP) is 2.52. The molecule has 1 aliphatic heterocycles. The average Bonchev–Trinajstić information content (AvgIpc) is 3.12. The molecule has 2 amide bonds. The van der Waals surface area contributed by atoms with Crippen molar-refractivity contribution in [3.8, 4) is 0 Å². The lowest BCUT2D eigenvalue weighted by Gasteiger charge is -2.20. The highest BCUT2D eigenvalue weighted by molar-refractivity contribution is 7.16. The Morgan fingerprint density at radius 3 is 2.96 bits per heavy atom. The summed E-state index contributed by atoms with van der Waals surface area (Å²) < 4.78 is 0.754. The molecule has 132 valence electrons. The molecule has 7 heteroatoms. The van der Waals surface area contributed by atoms with E-state index < -0.39 is 0 Å². The third-order valence-corrected chi connectivity index (χ3v) is 5.08. The van der Waals surface area contributed by atoms with Gasteiger partial charge in [0.2, 0.25) is 11.8 Å². The van der Waals surface area contributed by atoms with E-state index in [0.29, 0.717) is 32.6 Å². The molecule has 0 spiro atoms. The molecule has 0 saturated carbocycles. The highest BCUT2D eigenvalue weighted by Crippen LogP contribution is 2.22. The van der Waals surface area contributed by atoms with Crippen molar-refractivity contribution in [3.63, 3.8) is 0 Å². The van der Waals surface area contributed by atoms with E-state index in [9.17, 15) is 9.59 Å². The Labute approximate surface area is 152 Å². The first-order chi connectivity index (χ1) is 11.6. The van der Waals surface area contributed by atoms with E-state index in [1.165, 1.54) is 11.3 Å². The molecule has 1 aromatic rings. The van der Waals surface area contributed by atoms with Crippen LogP contribution in [-0.4, -0.2) is 54.3 Å². The van der Waals surface area contributed by atoms with Crippen molar-refractivity contribution in [2.75, 3.05) is 32.7 Å². The summed E-state index contributed by atoms with van der Waals surface area (Å²) in [7, 11) is 0. The van der Waals surface area contributed by atoms with Gasteiger partial charge in [-0.1, -0.05) is 17.7 Å². The van der Waals surface area contributed by atoms with Crippen LogP contribution in [0.15, 0.2) is 24.8 Å². The zero-order valence-electron chi connectivity index (χ0n) is 13.8. The summed E-state index contributed by atoms with van der Waals surface area (Å²) in [5, 5.41) is 2.93. The quantitative estimate of drug-likeness (QED) is 0.509. The number of rotatable bonds is 10. The maximum Gasteiger partial charge on any atom is 0.234 e. The zero-order chi connectivity index (χ0) is 17.4. The SMILES string of the molecule is C=CCN(CC(=O)NCCCN1CCCC1=O)Cc1ccc(Cl)s1. The third kappa shape index (κ3) is 6.26. The van der Waals surface area contributed by atoms with Crippen LogP contribution >= 0.6 is 22.9 Å². The van der Waals surface area contributed by atoms with Crippen LogP contribution in [0.4, 0.5) is 0 Å². The molecule has 1 saturated heterocycles. The fourth-order valence-corrected chi connectivity index (χ4v) is 3.85. The number of likely N-dealkylation sites (tertiary alicyclic amines) is 1. The zero-order valence-corrected chi connectivity index (χ0v) is 15.4. The summed E-state index contributed by atoms with van der Waals surface area (Å²) >= 11 is 7.47. The molecule has 1 aromatic heterocycles. The fourth-order valence-electron chi connectivity index (χ4n) is 2.72. The maximum atomic E-state index is 12.1. The number of carbonyl (C=O) groups excluding carboxylic acids is 2. The van der Waals surface area contributed by atoms with E-state index in [1.54, 1.807) is 6.08 Å². The Morgan fingerprint density at radius 2 is 2.33 bits per heavy atom. The first-order valence-electron chi connectivity index (χ1n) is 8.20. The molecule has 1 N–H and O–H groups in total. The van der Waals surface area contributed by atoms with E-state index in [2.05, 4.69) is 11.9 Å². The number of nitrogens with one attached hydrogen (secondary N) is 1. The monoisotopic (exact) mass is 369 g/mol. The Balaban J connectivity index is 1.68. The lowest BCUT2D eigenvalue weighted by molar-refractivity contribution is -0.127. The van der Waals surface area contributed by atoms with Crippen molar-refractivity contribution in [2.45, 2.75) is 25.8 Å². The molecule has 1 fully saturated rings. The number of thiophene rings is 1. The van der Waals surface area contributed by atoms with Gasteiger partial charge < -0.3 is 10.2 Å². The van der Waals surface area contributed by atoms with E-state index in [4.69, 9.17) is 11.6 Å². The lowest BCUT2D eigenvalue weighted by Crippen LogP contribution is -2.38. The molecule has 1 aliphatic rings. The van der Waals surface area contributed by atoms with Crippen molar-refractivity contribution in [2.24, 2.45) is 0 Å². The topological polar surface area (TPSA) is 52.7 Å². The Morgan fingerprint density at radius 1 is 1.50 bits per heavy atom. The summed E-state index contributed by atoms with van der Waals surface area (Å²) in [6.45, 7) is 7.56. The van der Waals surface area contributed by atoms with Crippen molar-refractivity contribution < 1.29 is 9.59 Å². The Bertz CT molecular complexity index is 576. The second-order valence-electron chi connectivity index (χ2n) is 5.85.